The highest BCUT2D eigenvalue weighted by Crippen LogP contribution is 2.11. The Morgan fingerprint density at radius 3 is 2.44 bits per heavy atom. The number of amides is 1. The molecule has 0 bridgehead atoms. The number of nitrogens with zero attached hydrogens (tertiary/aromatic N) is 1. The Bertz CT molecular complexity index is 882. The molecule has 0 unspecified atom stereocenters. The number of piperazine rings is 1. The lowest BCUT2D eigenvalue weighted by molar-refractivity contribution is -0.895. The topological polar surface area (TPSA) is 70.9 Å². The summed E-state index contributed by atoms with van der Waals surface area (Å²) in [5, 5.41) is 2.67. The summed E-state index contributed by atoms with van der Waals surface area (Å²) in [6.07, 6.45) is 0. The molecule has 0 radical (unpaired) electrons. The first-order chi connectivity index (χ1) is 12.9. The maximum absolute atomic E-state index is 13.2. The second-order valence-electron chi connectivity index (χ2n) is 6.63. The fourth-order valence-electron chi connectivity index (χ4n) is 3.13. The van der Waals surface area contributed by atoms with Gasteiger partial charge in [-0.3, -0.25) is 4.79 Å². The Balaban J connectivity index is 1.49. The molecule has 3 rings (SSSR count). The zero-order valence-electron chi connectivity index (χ0n) is 14.9. The molecule has 1 aliphatic rings. The SMILES string of the molecule is O=C(C[NH+]1CCN(S(=O)(=O)Cc2ccccc2)CC1)Nc1cccc(F)c1. The molecule has 8 heteroatoms. The van der Waals surface area contributed by atoms with E-state index in [1.165, 1.54) is 22.5 Å². The number of anilines is 1. The van der Waals surface area contributed by atoms with Gasteiger partial charge in [-0.1, -0.05) is 36.4 Å². The van der Waals surface area contributed by atoms with E-state index in [-0.39, 0.29) is 18.2 Å². The minimum absolute atomic E-state index is 0.0107. The van der Waals surface area contributed by atoms with Gasteiger partial charge in [0.15, 0.2) is 6.54 Å². The van der Waals surface area contributed by atoms with Crippen molar-refractivity contribution in [3.8, 4) is 0 Å². The molecule has 2 aromatic rings. The van der Waals surface area contributed by atoms with Crippen LogP contribution in [0.5, 0.6) is 0 Å². The van der Waals surface area contributed by atoms with Gasteiger partial charge in [0.1, 0.15) is 5.82 Å². The van der Waals surface area contributed by atoms with Gasteiger partial charge in [-0.2, -0.15) is 4.31 Å². The first kappa shape index (κ1) is 19.5. The minimum Gasteiger partial charge on any atom is -0.325 e. The Kier molecular flexibility index (Phi) is 6.20. The number of sulfonamides is 1. The first-order valence-corrected chi connectivity index (χ1v) is 10.4. The van der Waals surface area contributed by atoms with E-state index in [1.807, 2.05) is 18.2 Å². The summed E-state index contributed by atoms with van der Waals surface area (Å²) in [6.45, 7) is 2.12. The van der Waals surface area contributed by atoms with Crippen molar-refractivity contribution in [2.75, 3.05) is 38.0 Å². The fourth-order valence-corrected chi connectivity index (χ4v) is 4.67. The van der Waals surface area contributed by atoms with Crippen molar-refractivity contribution in [2.45, 2.75) is 5.75 Å². The number of quaternary nitrogens is 1. The molecule has 0 spiro atoms. The predicted molar refractivity (Wildman–Crippen MR) is 101 cm³/mol. The van der Waals surface area contributed by atoms with Gasteiger partial charge >= 0.3 is 0 Å². The Hall–Kier alpha value is -2.29. The highest BCUT2D eigenvalue weighted by molar-refractivity contribution is 7.88. The van der Waals surface area contributed by atoms with Gasteiger partial charge in [-0.25, -0.2) is 12.8 Å². The lowest BCUT2D eigenvalue weighted by Gasteiger charge is -2.31. The second-order valence-corrected chi connectivity index (χ2v) is 8.60. The van der Waals surface area contributed by atoms with Crippen LogP contribution in [0.15, 0.2) is 54.6 Å². The zero-order valence-corrected chi connectivity index (χ0v) is 15.7. The average molecular weight is 392 g/mol. The third-order valence-electron chi connectivity index (χ3n) is 4.53. The summed E-state index contributed by atoms with van der Waals surface area (Å²) < 4.78 is 39.8. The first-order valence-electron chi connectivity index (χ1n) is 8.83. The fraction of sp³-hybridized carbons (Fsp3) is 0.316. The minimum atomic E-state index is -3.36. The van der Waals surface area contributed by atoms with Crippen LogP contribution in [-0.2, 0) is 20.6 Å². The number of hydrogen-bond donors (Lipinski definition) is 2. The van der Waals surface area contributed by atoms with Crippen molar-refractivity contribution in [1.29, 1.82) is 0 Å². The second kappa shape index (κ2) is 8.60. The van der Waals surface area contributed by atoms with Gasteiger partial charge in [-0.05, 0) is 23.8 Å². The molecule has 1 aliphatic heterocycles. The summed E-state index contributed by atoms with van der Waals surface area (Å²) in [7, 11) is -3.36. The highest BCUT2D eigenvalue weighted by Gasteiger charge is 2.30. The van der Waals surface area contributed by atoms with E-state index >= 15 is 0 Å². The lowest BCUT2D eigenvalue weighted by Crippen LogP contribution is -3.15. The molecule has 0 saturated carbocycles. The van der Waals surface area contributed by atoms with E-state index in [1.54, 1.807) is 18.2 Å². The van der Waals surface area contributed by atoms with Crippen molar-refractivity contribution >= 4 is 21.6 Å². The van der Waals surface area contributed by atoms with Gasteiger partial charge in [0.2, 0.25) is 10.0 Å². The number of benzene rings is 2. The van der Waals surface area contributed by atoms with Crippen LogP contribution in [-0.4, -0.2) is 51.4 Å². The highest BCUT2D eigenvalue weighted by atomic mass is 32.2. The number of carbonyl (C=O) groups excluding carboxylic acids is 1. The van der Waals surface area contributed by atoms with Crippen LogP contribution in [0.1, 0.15) is 5.56 Å². The van der Waals surface area contributed by atoms with Gasteiger partial charge in [0.05, 0.1) is 31.9 Å². The molecule has 2 aromatic carbocycles. The van der Waals surface area contributed by atoms with Crippen molar-refractivity contribution < 1.29 is 22.5 Å². The molecule has 1 amide bonds. The van der Waals surface area contributed by atoms with E-state index in [4.69, 9.17) is 0 Å². The smallest absolute Gasteiger partial charge is 0.279 e. The number of hydrogen-bond acceptors (Lipinski definition) is 3. The zero-order chi connectivity index (χ0) is 19.3. The van der Waals surface area contributed by atoms with E-state index in [2.05, 4.69) is 5.32 Å². The summed E-state index contributed by atoms with van der Waals surface area (Å²) in [5.74, 6) is -0.628. The van der Waals surface area contributed by atoms with Crippen LogP contribution >= 0.6 is 0 Å². The van der Waals surface area contributed by atoms with Crippen LogP contribution in [0.25, 0.3) is 0 Å². The molecular weight excluding hydrogens is 369 g/mol. The van der Waals surface area contributed by atoms with Gasteiger partial charge in [-0.15, -0.1) is 0 Å². The van der Waals surface area contributed by atoms with E-state index in [0.29, 0.717) is 31.9 Å². The third kappa shape index (κ3) is 5.59. The van der Waals surface area contributed by atoms with E-state index in [0.717, 1.165) is 10.5 Å². The van der Waals surface area contributed by atoms with Crippen LogP contribution in [0.4, 0.5) is 10.1 Å². The molecular formula is C19H23FN3O3S+. The quantitative estimate of drug-likeness (QED) is 0.752. The van der Waals surface area contributed by atoms with Crippen molar-refractivity contribution in [3.63, 3.8) is 0 Å². The molecule has 1 heterocycles. The molecule has 1 saturated heterocycles. The van der Waals surface area contributed by atoms with Crippen molar-refractivity contribution in [3.05, 3.63) is 66.0 Å². The average Bonchev–Trinajstić information content (AvgIpc) is 2.62. The number of carbonyl (C=O) groups is 1. The van der Waals surface area contributed by atoms with E-state index < -0.39 is 15.8 Å². The predicted octanol–water partition coefficient (Wildman–Crippen LogP) is 0.495. The standard InChI is InChI=1S/C19H22FN3O3S/c20-17-7-4-8-18(13-17)21-19(24)14-22-9-11-23(12-10-22)27(25,26)15-16-5-2-1-3-6-16/h1-8,13H,9-12,14-15H2,(H,21,24)/p+1. The summed E-state index contributed by atoms with van der Waals surface area (Å²) in [4.78, 5) is 13.1. The normalized spacial score (nSPS) is 16.2. The largest absolute Gasteiger partial charge is 0.325 e. The number of halogens is 1. The molecule has 144 valence electrons. The van der Waals surface area contributed by atoms with Crippen LogP contribution < -0.4 is 10.2 Å². The molecule has 1 fully saturated rings. The lowest BCUT2D eigenvalue weighted by atomic mass is 10.2. The van der Waals surface area contributed by atoms with Crippen LogP contribution in [0, 0.1) is 5.82 Å². The molecule has 0 aromatic heterocycles. The summed E-state index contributed by atoms with van der Waals surface area (Å²) in [6, 6.07) is 14.9. The summed E-state index contributed by atoms with van der Waals surface area (Å²) in [5.41, 5.74) is 1.19. The van der Waals surface area contributed by atoms with Gasteiger partial charge in [0, 0.05) is 5.69 Å². The van der Waals surface area contributed by atoms with Crippen molar-refractivity contribution in [2.24, 2.45) is 0 Å². The molecule has 2 N–H and O–H groups in total. The number of rotatable bonds is 6. The maximum Gasteiger partial charge on any atom is 0.279 e. The number of nitrogens with one attached hydrogen (secondary N) is 2. The molecule has 0 atom stereocenters. The van der Waals surface area contributed by atoms with Gasteiger partial charge < -0.3 is 10.2 Å². The summed E-state index contributed by atoms with van der Waals surface area (Å²) >= 11 is 0. The Labute approximate surface area is 158 Å². The molecule has 0 aliphatic carbocycles. The van der Waals surface area contributed by atoms with Crippen LogP contribution in [0.2, 0.25) is 0 Å². The van der Waals surface area contributed by atoms with Crippen LogP contribution in [0.3, 0.4) is 0 Å². The Morgan fingerprint density at radius 2 is 1.78 bits per heavy atom. The Morgan fingerprint density at radius 1 is 1.07 bits per heavy atom. The van der Waals surface area contributed by atoms with Gasteiger partial charge in [0.25, 0.3) is 5.91 Å². The molecule has 27 heavy (non-hydrogen) atoms. The van der Waals surface area contributed by atoms with Crippen molar-refractivity contribution in [1.82, 2.24) is 4.31 Å². The van der Waals surface area contributed by atoms with E-state index in [9.17, 15) is 17.6 Å². The third-order valence-corrected chi connectivity index (χ3v) is 6.38. The monoisotopic (exact) mass is 392 g/mol. The molecule has 6 nitrogen and oxygen atoms in total. The maximum atomic E-state index is 13.2.